The Balaban J connectivity index is 2.41. The topological polar surface area (TPSA) is 41.6 Å². The molecule has 110 valence electrons. The maximum absolute atomic E-state index is 12.9. The Morgan fingerprint density at radius 2 is 1.58 bits per heavy atom. The van der Waals surface area contributed by atoms with E-state index < -0.39 is 11.3 Å². The minimum Gasteiger partial charge on any atom is -0.340 e. The first-order valence-electron chi connectivity index (χ1n) is 7.25. The highest BCUT2D eigenvalue weighted by Gasteiger charge is 2.61. The second-order valence-corrected chi connectivity index (χ2v) is 7.84. The molecule has 1 amide bonds. The van der Waals surface area contributed by atoms with E-state index in [0.717, 1.165) is 12.8 Å². The lowest BCUT2D eigenvalue weighted by molar-refractivity contribution is -0.157. The molecule has 1 N–H and O–H groups in total. The standard InChI is InChI=1S/C15H28N2O2/c1-8-17-11(18)15(19-14(17,6)7)9-12(2,3)16-13(4,5)10-15/h16H,8-10H2,1-7H3. The van der Waals surface area contributed by atoms with Crippen LogP contribution in [0.25, 0.3) is 0 Å². The molecule has 0 aromatic rings. The van der Waals surface area contributed by atoms with Crippen molar-refractivity contribution in [1.82, 2.24) is 10.2 Å². The number of hydrogen-bond donors (Lipinski definition) is 1. The monoisotopic (exact) mass is 268 g/mol. The van der Waals surface area contributed by atoms with Crippen LogP contribution in [0.3, 0.4) is 0 Å². The maximum Gasteiger partial charge on any atom is 0.257 e. The van der Waals surface area contributed by atoms with Gasteiger partial charge in [-0.05, 0) is 48.5 Å². The average Bonchev–Trinajstić information content (AvgIpc) is 2.26. The molecule has 0 saturated carbocycles. The number of hydrogen-bond acceptors (Lipinski definition) is 3. The summed E-state index contributed by atoms with van der Waals surface area (Å²) in [6, 6.07) is 0. The predicted octanol–water partition coefficient (Wildman–Crippen LogP) is 2.28. The number of piperidine rings is 1. The van der Waals surface area contributed by atoms with Gasteiger partial charge in [-0.3, -0.25) is 4.79 Å². The summed E-state index contributed by atoms with van der Waals surface area (Å²) in [5.41, 5.74) is -1.37. The van der Waals surface area contributed by atoms with Crippen LogP contribution in [0, 0.1) is 0 Å². The highest BCUT2D eigenvalue weighted by atomic mass is 16.6. The highest BCUT2D eigenvalue weighted by Crippen LogP contribution is 2.47. The van der Waals surface area contributed by atoms with Gasteiger partial charge in [0.25, 0.3) is 5.91 Å². The Kier molecular flexibility index (Phi) is 3.08. The fourth-order valence-electron chi connectivity index (χ4n) is 4.31. The molecule has 0 bridgehead atoms. The average molecular weight is 268 g/mol. The van der Waals surface area contributed by atoms with E-state index in [4.69, 9.17) is 4.74 Å². The summed E-state index contributed by atoms with van der Waals surface area (Å²) >= 11 is 0. The summed E-state index contributed by atoms with van der Waals surface area (Å²) in [6.07, 6.45) is 1.45. The molecule has 4 heteroatoms. The van der Waals surface area contributed by atoms with Crippen molar-refractivity contribution < 1.29 is 9.53 Å². The molecule has 0 aromatic carbocycles. The number of rotatable bonds is 1. The lowest BCUT2D eigenvalue weighted by Gasteiger charge is -2.50. The largest absolute Gasteiger partial charge is 0.340 e. The normalized spacial score (nSPS) is 30.9. The van der Waals surface area contributed by atoms with E-state index in [1.165, 1.54) is 0 Å². The quantitative estimate of drug-likeness (QED) is 0.793. The van der Waals surface area contributed by atoms with Crippen LogP contribution in [0.1, 0.15) is 61.3 Å². The Morgan fingerprint density at radius 3 is 1.95 bits per heavy atom. The van der Waals surface area contributed by atoms with Gasteiger partial charge in [-0.25, -0.2) is 0 Å². The van der Waals surface area contributed by atoms with E-state index in [0.29, 0.717) is 6.54 Å². The fraction of sp³-hybridized carbons (Fsp3) is 0.933. The van der Waals surface area contributed by atoms with Crippen molar-refractivity contribution in [3.63, 3.8) is 0 Å². The summed E-state index contributed by atoms with van der Waals surface area (Å²) in [5.74, 6) is 0.155. The highest BCUT2D eigenvalue weighted by molar-refractivity contribution is 5.88. The minimum atomic E-state index is -0.669. The predicted molar refractivity (Wildman–Crippen MR) is 75.8 cm³/mol. The van der Waals surface area contributed by atoms with E-state index in [9.17, 15) is 4.79 Å². The molecule has 2 aliphatic heterocycles. The number of carbonyl (C=O) groups is 1. The first kappa shape index (κ1) is 14.8. The van der Waals surface area contributed by atoms with Crippen LogP contribution in [-0.2, 0) is 9.53 Å². The van der Waals surface area contributed by atoms with Crippen LogP contribution >= 0.6 is 0 Å². The van der Waals surface area contributed by atoms with Crippen LogP contribution in [0.15, 0.2) is 0 Å². The van der Waals surface area contributed by atoms with Crippen LogP contribution in [0.4, 0.5) is 0 Å². The van der Waals surface area contributed by atoms with Gasteiger partial charge in [-0.15, -0.1) is 0 Å². The first-order chi connectivity index (χ1) is 8.43. The van der Waals surface area contributed by atoms with Gasteiger partial charge in [0.15, 0.2) is 5.60 Å². The van der Waals surface area contributed by atoms with Gasteiger partial charge in [0.2, 0.25) is 0 Å². The molecule has 0 aromatic heterocycles. The second kappa shape index (κ2) is 3.95. The van der Waals surface area contributed by atoms with Gasteiger partial charge in [0.05, 0.1) is 0 Å². The number of ether oxygens (including phenoxy) is 1. The van der Waals surface area contributed by atoms with E-state index in [1.54, 1.807) is 0 Å². The lowest BCUT2D eigenvalue weighted by atomic mass is 9.72. The minimum absolute atomic E-state index is 0.1000. The smallest absolute Gasteiger partial charge is 0.257 e. The van der Waals surface area contributed by atoms with Crippen LogP contribution in [0.5, 0.6) is 0 Å². The van der Waals surface area contributed by atoms with Crippen molar-refractivity contribution in [1.29, 1.82) is 0 Å². The van der Waals surface area contributed by atoms with Crippen LogP contribution < -0.4 is 5.32 Å². The molecule has 2 saturated heterocycles. The molecule has 0 aliphatic carbocycles. The third kappa shape index (κ3) is 2.40. The van der Waals surface area contributed by atoms with Crippen molar-refractivity contribution in [2.75, 3.05) is 6.54 Å². The number of carbonyl (C=O) groups excluding carboxylic acids is 1. The number of nitrogens with one attached hydrogen (secondary N) is 1. The molecule has 19 heavy (non-hydrogen) atoms. The van der Waals surface area contributed by atoms with Crippen molar-refractivity contribution in [2.24, 2.45) is 0 Å². The Morgan fingerprint density at radius 1 is 1.11 bits per heavy atom. The fourth-order valence-corrected chi connectivity index (χ4v) is 4.31. The van der Waals surface area contributed by atoms with Crippen LogP contribution in [-0.4, -0.2) is 39.8 Å². The molecule has 2 fully saturated rings. The molecule has 2 rings (SSSR count). The number of amides is 1. The lowest BCUT2D eigenvalue weighted by Crippen LogP contribution is -2.65. The van der Waals surface area contributed by atoms with Gasteiger partial charge in [0, 0.05) is 30.5 Å². The molecule has 0 atom stereocenters. The summed E-state index contributed by atoms with van der Waals surface area (Å²) in [5, 5.41) is 3.61. The van der Waals surface area contributed by atoms with E-state index in [2.05, 4.69) is 33.0 Å². The van der Waals surface area contributed by atoms with E-state index >= 15 is 0 Å². The van der Waals surface area contributed by atoms with Gasteiger partial charge in [-0.1, -0.05) is 0 Å². The van der Waals surface area contributed by atoms with E-state index in [1.807, 2.05) is 25.7 Å². The first-order valence-corrected chi connectivity index (χ1v) is 7.25. The Bertz CT molecular complexity index is 383. The van der Waals surface area contributed by atoms with Crippen molar-refractivity contribution in [3.05, 3.63) is 0 Å². The second-order valence-electron chi connectivity index (χ2n) is 7.84. The van der Waals surface area contributed by atoms with Crippen molar-refractivity contribution in [2.45, 2.75) is 83.7 Å². The number of likely N-dealkylation sites (N-methyl/N-ethyl adjacent to an activating group) is 1. The zero-order chi connectivity index (χ0) is 14.7. The third-order valence-electron chi connectivity index (χ3n) is 4.18. The molecular weight excluding hydrogens is 240 g/mol. The van der Waals surface area contributed by atoms with Crippen molar-refractivity contribution in [3.8, 4) is 0 Å². The summed E-state index contributed by atoms with van der Waals surface area (Å²) in [7, 11) is 0. The summed E-state index contributed by atoms with van der Waals surface area (Å²) in [4.78, 5) is 14.7. The molecule has 4 nitrogen and oxygen atoms in total. The summed E-state index contributed by atoms with van der Waals surface area (Å²) in [6.45, 7) is 15.3. The molecule has 0 unspecified atom stereocenters. The molecular formula is C15H28N2O2. The Hall–Kier alpha value is -0.610. The SMILES string of the molecule is CCN1C(=O)C2(CC(C)(C)NC(C)(C)C2)OC1(C)C. The van der Waals surface area contributed by atoms with Gasteiger partial charge >= 0.3 is 0 Å². The zero-order valence-electron chi connectivity index (χ0n) is 13.4. The molecule has 0 radical (unpaired) electrons. The van der Waals surface area contributed by atoms with Crippen LogP contribution in [0.2, 0.25) is 0 Å². The Labute approximate surface area is 116 Å². The van der Waals surface area contributed by atoms with Gasteiger partial charge in [-0.2, -0.15) is 0 Å². The summed E-state index contributed by atoms with van der Waals surface area (Å²) < 4.78 is 6.30. The molecule has 1 spiro atoms. The van der Waals surface area contributed by atoms with Gasteiger partial charge in [0.1, 0.15) is 5.72 Å². The molecule has 2 aliphatic rings. The van der Waals surface area contributed by atoms with Crippen molar-refractivity contribution >= 4 is 5.91 Å². The molecule has 2 heterocycles. The van der Waals surface area contributed by atoms with Gasteiger partial charge < -0.3 is 15.0 Å². The number of nitrogens with zero attached hydrogens (tertiary/aromatic N) is 1. The maximum atomic E-state index is 12.9. The van der Waals surface area contributed by atoms with E-state index in [-0.39, 0.29) is 17.0 Å². The zero-order valence-corrected chi connectivity index (χ0v) is 13.4. The third-order valence-corrected chi connectivity index (χ3v) is 4.18.